The predicted molar refractivity (Wildman–Crippen MR) is 98.6 cm³/mol. The number of carbonyl (C=O) groups excluding carboxylic acids is 3. The van der Waals surface area contributed by atoms with Gasteiger partial charge >= 0.3 is 6.03 Å². The van der Waals surface area contributed by atoms with E-state index in [1.165, 1.54) is 48.5 Å². The van der Waals surface area contributed by atoms with Crippen LogP contribution in [0.15, 0.2) is 48.0 Å². The Balaban J connectivity index is 2.03. The Morgan fingerprint density at radius 3 is 2.44 bits per heavy atom. The SMILES string of the molecule is O=C1NC(=O)N(c2ccc(Cl)c(Cl)c2)C(=O)/C1=C/c1cccc([N+](=O)[O-])c1. The molecule has 27 heavy (non-hydrogen) atoms. The number of hydrogen-bond donors (Lipinski definition) is 1. The second-order valence-corrected chi connectivity index (χ2v) is 6.22. The summed E-state index contributed by atoms with van der Waals surface area (Å²) in [5.74, 6) is -1.80. The lowest BCUT2D eigenvalue weighted by Crippen LogP contribution is -2.54. The van der Waals surface area contributed by atoms with E-state index in [4.69, 9.17) is 23.2 Å². The van der Waals surface area contributed by atoms with Crippen LogP contribution in [0.2, 0.25) is 10.0 Å². The molecule has 0 spiro atoms. The summed E-state index contributed by atoms with van der Waals surface area (Å²) >= 11 is 11.8. The van der Waals surface area contributed by atoms with Gasteiger partial charge in [-0.2, -0.15) is 0 Å². The van der Waals surface area contributed by atoms with Gasteiger partial charge in [-0.15, -0.1) is 0 Å². The molecule has 0 aromatic heterocycles. The number of rotatable bonds is 3. The summed E-state index contributed by atoms with van der Waals surface area (Å²) in [5.41, 5.74) is -0.193. The fourth-order valence-corrected chi connectivity index (χ4v) is 2.70. The molecule has 2 aromatic carbocycles. The first-order valence-corrected chi connectivity index (χ1v) is 8.14. The third-order valence-corrected chi connectivity index (χ3v) is 4.39. The first-order chi connectivity index (χ1) is 12.8. The van der Waals surface area contributed by atoms with Gasteiger partial charge in [0, 0.05) is 12.1 Å². The van der Waals surface area contributed by atoms with E-state index in [2.05, 4.69) is 0 Å². The number of barbiturate groups is 1. The summed E-state index contributed by atoms with van der Waals surface area (Å²) in [7, 11) is 0. The van der Waals surface area contributed by atoms with Crippen LogP contribution in [-0.2, 0) is 9.59 Å². The third-order valence-electron chi connectivity index (χ3n) is 3.66. The number of nitrogens with one attached hydrogen (secondary N) is 1. The smallest absolute Gasteiger partial charge is 0.273 e. The molecule has 2 aromatic rings. The molecule has 4 amide bonds. The van der Waals surface area contributed by atoms with Crippen LogP contribution in [0.3, 0.4) is 0 Å². The molecule has 1 heterocycles. The maximum Gasteiger partial charge on any atom is 0.335 e. The molecule has 0 unspecified atom stereocenters. The zero-order chi connectivity index (χ0) is 19.7. The number of carbonyl (C=O) groups is 3. The lowest BCUT2D eigenvalue weighted by atomic mass is 10.1. The van der Waals surface area contributed by atoms with Gasteiger partial charge in [0.05, 0.1) is 20.7 Å². The van der Waals surface area contributed by atoms with Crippen LogP contribution in [0.1, 0.15) is 5.56 Å². The Morgan fingerprint density at radius 2 is 1.78 bits per heavy atom. The van der Waals surface area contributed by atoms with Gasteiger partial charge in [-0.05, 0) is 29.8 Å². The van der Waals surface area contributed by atoms with E-state index < -0.39 is 22.8 Å². The molecule has 0 saturated carbocycles. The van der Waals surface area contributed by atoms with E-state index in [-0.39, 0.29) is 32.6 Å². The summed E-state index contributed by atoms with van der Waals surface area (Å²) in [4.78, 5) is 48.0. The largest absolute Gasteiger partial charge is 0.335 e. The first-order valence-electron chi connectivity index (χ1n) is 7.39. The highest BCUT2D eigenvalue weighted by atomic mass is 35.5. The van der Waals surface area contributed by atoms with E-state index >= 15 is 0 Å². The van der Waals surface area contributed by atoms with Crippen LogP contribution >= 0.6 is 23.2 Å². The summed E-state index contributed by atoms with van der Waals surface area (Å²) < 4.78 is 0. The van der Waals surface area contributed by atoms with Crippen LogP contribution in [0.25, 0.3) is 6.08 Å². The lowest BCUT2D eigenvalue weighted by Gasteiger charge is -2.26. The topological polar surface area (TPSA) is 110 Å². The number of amides is 4. The summed E-state index contributed by atoms with van der Waals surface area (Å²) in [6.45, 7) is 0. The highest BCUT2D eigenvalue weighted by Crippen LogP contribution is 2.29. The number of nitro groups is 1. The molecule has 1 aliphatic heterocycles. The standard InChI is InChI=1S/C17H9Cl2N3O5/c18-13-5-4-10(8-14(13)19)21-16(24)12(15(23)20-17(21)25)7-9-2-1-3-11(6-9)22(26)27/h1-8H,(H,20,23,25)/b12-7+. The maximum atomic E-state index is 12.7. The van der Waals surface area contributed by atoms with Gasteiger partial charge in [-0.25, -0.2) is 9.69 Å². The number of urea groups is 1. The average Bonchev–Trinajstić information content (AvgIpc) is 2.61. The fourth-order valence-electron chi connectivity index (χ4n) is 2.41. The van der Waals surface area contributed by atoms with Gasteiger partial charge in [0.15, 0.2) is 0 Å². The highest BCUT2D eigenvalue weighted by molar-refractivity contribution is 6.43. The summed E-state index contributed by atoms with van der Waals surface area (Å²) in [6.07, 6.45) is 1.17. The Morgan fingerprint density at radius 1 is 1.04 bits per heavy atom. The monoisotopic (exact) mass is 405 g/mol. The molecule has 1 aliphatic rings. The Kier molecular flexibility index (Phi) is 4.93. The second kappa shape index (κ2) is 7.18. The molecule has 0 atom stereocenters. The number of nitro benzene ring substituents is 1. The molecule has 1 fully saturated rings. The van der Waals surface area contributed by atoms with Crippen LogP contribution in [0, 0.1) is 10.1 Å². The zero-order valence-electron chi connectivity index (χ0n) is 13.3. The van der Waals surface area contributed by atoms with Gasteiger partial charge in [0.1, 0.15) is 5.57 Å². The number of hydrogen-bond acceptors (Lipinski definition) is 5. The van der Waals surface area contributed by atoms with Gasteiger partial charge in [-0.1, -0.05) is 35.3 Å². The van der Waals surface area contributed by atoms with E-state index in [1.54, 1.807) is 0 Å². The minimum atomic E-state index is -0.945. The molecule has 136 valence electrons. The molecule has 0 aliphatic carbocycles. The molecule has 1 saturated heterocycles. The van der Waals surface area contributed by atoms with Crippen LogP contribution in [-0.4, -0.2) is 22.8 Å². The van der Waals surface area contributed by atoms with Crippen molar-refractivity contribution in [3.8, 4) is 0 Å². The van der Waals surface area contributed by atoms with Crippen molar-refractivity contribution in [1.82, 2.24) is 5.32 Å². The fraction of sp³-hybridized carbons (Fsp3) is 0. The van der Waals surface area contributed by atoms with E-state index in [0.717, 1.165) is 4.90 Å². The number of benzene rings is 2. The number of halogens is 2. The van der Waals surface area contributed by atoms with E-state index in [1.807, 2.05) is 5.32 Å². The molecule has 3 rings (SSSR count). The maximum absolute atomic E-state index is 12.7. The molecular formula is C17H9Cl2N3O5. The number of non-ortho nitro benzene ring substituents is 1. The van der Waals surface area contributed by atoms with Crippen molar-refractivity contribution in [3.05, 3.63) is 73.8 Å². The van der Waals surface area contributed by atoms with Gasteiger partial charge < -0.3 is 0 Å². The van der Waals surface area contributed by atoms with Crippen LogP contribution < -0.4 is 10.2 Å². The minimum Gasteiger partial charge on any atom is -0.273 e. The van der Waals surface area contributed by atoms with Crippen LogP contribution in [0.5, 0.6) is 0 Å². The van der Waals surface area contributed by atoms with Crippen molar-refractivity contribution in [2.24, 2.45) is 0 Å². The van der Waals surface area contributed by atoms with Crippen molar-refractivity contribution in [3.63, 3.8) is 0 Å². The highest BCUT2D eigenvalue weighted by Gasteiger charge is 2.37. The minimum absolute atomic E-state index is 0.115. The quantitative estimate of drug-likeness (QED) is 0.363. The Labute approximate surface area is 162 Å². The van der Waals surface area contributed by atoms with Crippen molar-refractivity contribution in [2.45, 2.75) is 0 Å². The lowest BCUT2D eigenvalue weighted by molar-refractivity contribution is -0.384. The molecule has 0 bridgehead atoms. The van der Waals surface area contributed by atoms with Crippen molar-refractivity contribution < 1.29 is 19.3 Å². The van der Waals surface area contributed by atoms with E-state index in [0.29, 0.717) is 0 Å². The normalized spacial score (nSPS) is 15.9. The Hall–Kier alpha value is -3.23. The third kappa shape index (κ3) is 3.67. The van der Waals surface area contributed by atoms with Gasteiger partial charge in [0.2, 0.25) is 0 Å². The molecule has 8 nitrogen and oxygen atoms in total. The van der Waals surface area contributed by atoms with E-state index in [9.17, 15) is 24.5 Å². The van der Waals surface area contributed by atoms with Crippen molar-refractivity contribution in [1.29, 1.82) is 0 Å². The zero-order valence-corrected chi connectivity index (χ0v) is 14.8. The molecule has 10 heteroatoms. The number of imide groups is 2. The number of nitrogens with zero attached hydrogens (tertiary/aromatic N) is 2. The van der Waals surface area contributed by atoms with Crippen LogP contribution in [0.4, 0.5) is 16.2 Å². The van der Waals surface area contributed by atoms with Crippen molar-refractivity contribution >= 4 is 58.5 Å². The number of anilines is 1. The molecule has 1 N–H and O–H groups in total. The molecular weight excluding hydrogens is 397 g/mol. The Bertz CT molecular complexity index is 1030. The summed E-state index contributed by atoms with van der Waals surface area (Å²) in [5, 5.41) is 13.3. The average molecular weight is 406 g/mol. The second-order valence-electron chi connectivity index (χ2n) is 5.41. The van der Waals surface area contributed by atoms with Gasteiger partial charge in [0.25, 0.3) is 17.5 Å². The summed E-state index contributed by atoms with van der Waals surface area (Å²) in [6, 6.07) is 8.54. The molecule has 0 radical (unpaired) electrons. The van der Waals surface area contributed by atoms with Gasteiger partial charge in [-0.3, -0.25) is 25.0 Å². The first kappa shape index (κ1) is 18.6. The van der Waals surface area contributed by atoms with Crippen molar-refractivity contribution in [2.75, 3.05) is 4.90 Å². The predicted octanol–water partition coefficient (Wildman–Crippen LogP) is 3.57.